The quantitative estimate of drug-likeness (QED) is 0.854. The van der Waals surface area contributed by atoms with Gasteiger partial charge in [0.25, 0.3) is 0 Å². The minimum absolute atomic E-state index is 0.0923. The van der Waals surface area contributed by atoms with Crippen LogP contribution in [0.25, 0.3) is 0 Å². The Bertz CT molecular complexity index is 420. The van der Waals surface area contributed by atoms with Gasteiger partial charge in [-0.15, -0.1) is 0 Å². The summed E-state index contributed by atoms with van der Waals surface area (Å²) in [6, 6.07) is 2.02. The molecule has 100 valence electrons. The van der Waals surface area contributed by atoms with Crippen molar-refractivity contribution in [3.63, 3.8) is 0 Å². The lowest BCUT2D eigenvalue weighted by atomic mass is 9.64. The van der Waals surface area contributed by atoms with Gasteiger partial charge < -0.3 is 15.2 Å². The monoisotopic (exact) mass is 251 g/mol. The van der Waals surface area contributed by atoms with Crippen molar-refractivity contribution in [1.82, 2.24) is 9.97 Å². The highest BCUT2D eigenvalue weighted by atomic mass is 16.5. The summed E-state index contributed by atoms with van der Waals surface area (Å²) in [5.74, 6) is 1.31. The SMILES string of the molecule is CC(C)Oc1cc(NC2CC(O)C2(C)C)ncn1. The van der Waals surface area contributed by atoms with E-state index in [-0.39, 0.29) is 23.7 Å². The molecule has 0 spiro atoms. The predicted molar refractivity (Wildman–Crippen MR) is 69.6 cm³/mol. The van der Waals surface area contributed by atoms with Crippen LogP contribution in [-0.2, 0) is 0 Å². The molecule has 0 bridgehead atoms. The van der Waals surface area contributed by atoms with Crippen LogP contribution in [0.1, 0.15) is 34.1 Å². The number of hydrogen-bond acceptors (Lipinski definition) is 5. The molecule has 18 heavy (non-hydrogen) atoms. The Labute approximate surface area is 108 Å². The van der Waals surface area contributed by atoms with E-state index in [1.165, 1.54) is 6.33 Å². The summed E-state index contributed by atoms with van der Waals surface area (Å²) in [6.45, 7) is 8.01. The van der Waals surface area contributed by atoms with Gasteiger partial charge in [0.15, 0.2) is 0 Å². The van der Waals surface area contributed by atoms with Crippen molar-refractivity contribution >= 4 is 5.82 Å². The maximum Gasteiger partial charge on any atom is 0.218 e. The Morgan fingerprint density at radius 2 is 2.17 bits per heavy atom. The van der Waals surface area contributed by atoms with E-state index in [0.717, 1.165) is 12.2 Å². The molecule has 0 saturated heterocycles. The van der Waals surface area contributed by atoms with Crippen LogP contribution in [0.15, 0.2) is 12.4 Å². The van der Waals surface area contributed by atoms with Crippen LogP contribution in [0.5, 0.6) is 5.88 Å². The largest absolute Gasteiger partial charge is 0.475 e. The Balaban J connectivity index is 2.02. The number of aliphatic hydroxyl groups is 1. The Morgan fingerprint density at radius 1 is 1.44 bits per heavy atom. The van der Waals surface area contributed by atoms with E-state index in [2.05, 4.69) is 15.3 Å². The van der Waals surface area contributed by atoms with Crippen molar-refractivity contribution in [1.29, 1.82) is 0 Å². The highest BCUT2D eigenvalue weighted by Gasteiger charge is 2.47. The van der Waals surface area contributed by atoms with Gasteiger partial charge in [0.2, 0.25) is 5.88 Å². The average molecular weight is 251 g/mol. The summed E-state index contributed by atoms with van der Waals surface area (Å²) < 4.78 is 5.52. The zero-order valence-corrected chi connectivity index (χ0v) is 11.3. The number of rotatable bonds is 4. The zero-order chi connectivity index (χ0) is 13.3. The maximum absolute atomic E-state index is 9.70. The fourth-order valence-corrected chi connectivity index (χ4v) is 2.05. The van der Waals surface area contributed by atoms with Crippen LogP contribution in [0.4, 0.5) is 5.82 Å². The molecule has 1 fully saturated rings. The van der Waals surface area contributed by atoms with Crippen LogP contribution < -0.4 is 10.1 Å². The molecule has 2 atom stereocenters. The highest BCUT2D eigenvalue weighted by Crippen LogP contribution is 2.42. The van der Waals surface area contributed by atoms with Gasteiger partial charge in [-0.05, 0) is 20.3 Å². The van der Waals surface area contributed by atoms with E-state index < -0.39 is 0 Å². The van der Waals surface area contributed by atoms with E-state index >= 15 is 0 Å². The molecule has 1 heterocycles. The van der Waals surface area contributed by atoms with Gasteiger partial charge in [-0.3, -0.25) is 0 Å². The molecule has 5 heteroatoms. The second kappa shape index (κ2) is 4.72. The lowest BCUT2D eigenvalue weighted by Gasteiger charge is -2.49. The first kappa shape index (κ1) is 13.1. The normalized spacial score (nSPS) is 25.7. The standard InChI is InChI=1S/C13H21N3O2/c1-8(2)18-12-6-11(14-7-15-12)16-9-5-10(17)13(9,3)4/h6-10,17H,5H2,1-4H3,(H,14,15,16). The third-order valence-corrected chi connectivity index (χ3v) is 3.54. The van der Waals surface area contributed by atoms with Crippen molar-refractivity contribution in [3.05, 3.63) is 12.4 Å². The lowest BCUT2D eigenvalue weighted by molar-refractivity contribution is -0.0511. The minimum Gasteiger partial charge on any atom is -0.475 e. The fourth-order valence-electron chi connectivity index (χ4n) is 2.05. The van der Waals surface area contributed by atoms with E-state index in [4.69, 9.17) is 4.74 Å². The molecule has 2 N–H and O–H groups in total. The van der Waals surface area contributed by atoms with Crippen LogP contribution in [0.3, 0.4) is 0 Å². The van der Waals surface area contributed by atoms with Crippen molar-refractivity contribution in [2.24, 2.45) is 5.41 Å². The number of ether oxygens (including phenoxy) is 1. The Hall–Kier alpha value is -1.36. The molecule has 2 unspecified atom stereocenters. The molecular weight excluding hydrogens is 230 g/mol. The number of nitrogens with one attached hydrogen (secondary N) is 1. The van der Waals surface area contributed by atoms with Gasteiger partial charge in [-0.25, -0.2) is 9.97 Å². The molecule has 0 amide bonds. The van der Waals surface area contributed by atoms with Crippen molar-refractivity contribution in [3.8, 4) is 5.88 Å². The number of anilines is 1. The van der Waals surface area contributed by atoms with Gasteiger partial charge in [-0.1, -0.05) is 13.8 Å². The number of aromatic nitrogens is 2. The first-order valence-electron chi connectivity index (χ1n) is 6.33. The summed E-state index contributed by atoms with van der Waals surface area (Å²) in [5, 5.41) is 13.0. The summed E-state index contributed by atoms with van der Waals surface area (Å²) >= 11 is 0. The molecular formula is C13H21N3O2. The second-order valence-electron chi connectivity index (χ2n) is 5.68. The highest BCUT2D eigenvalue weighted by molar-refractivity contribution is 5.40. The molecule has 1 aromatic heterocycles. The van der Waals surface area contributed by atoms with Gasteiger partial charge in [0, 0.05) is 17.5 Å². The van der Waals surface area contributed by atoms with Crippen LogP contribution >= 0.6 is 0 Å². The summed E-state index contributed by atoms with van der Waals surface area (Å²) in [5.41, 5.74) is -0.121. The third kappa shape index (κ3) is 2.56. The summed E-state index contributed by atoms with van der Waals surface area (Å²) in [6.07, 6.45) is 2.08. The van der Waals surface area contributed by atoms with Gasteiger partial charge in [0.1, 0.15) is 12.1 Å². The van der Waals surface area contributed by atoms with Crippen molar-refractivity contribution < 1.29 is 9.84 Å². The molecule has 0 radical (unpaired) electrons. The topological polar surface area (TPSA) is 67.3 Å². The smallest absolute Gasteiger partial charge is 0.218 e. The number of hydrogen-bond donors (Lipinski definition) is 2. The third-order valence-electron chi connectivity index (χ3n) is 3.54. The molecule has 1 saturated carbocycles. The fraction of sp³-hybridized carbons (Fsp3) is 0.692. The molecule has 1 aromatic rings. The minimum atomic E-state index is -0.247. The number of nitrogens with zero attached hydrogens (tertiary/aromatic N) is 2. The summed E-state index contributed by atoms with van der Waals surface area (Å²) in [4.78, 5) is 8.23. The summed E-state index contributed by atoms with van der Waals surface area (Å²) in [7, 11) is 0. The second-order valence-corrected chi connectivity index (χ2v) is 5.68. The number of aliphatic hydroxyl groups excluding tert-OH is 1. The molecule has 0 aliphatic heterocycles. The Morgan fingerprint density at radius 3 is 2.72 bits per heavy atom. The van der Waals surface area contributed by atoms with Gasteiger partial charge >= 0.3 is 0 Å². The van der Waals surface area contributed by atoms with E-state index in [1.54, 1.807) is 6.07 Å². The molecule has 2 rings (SSSR count). The van der Waals surface area contributed by atoms with Gasteiger partial charge in [0.05, 0.1) is 12.2 Å². The van der Waals surface area contributed by atoms with Crippen LogP contribution in [0, 0.1) is 5.41 Å². The van der Waals surface area contributed by atoms with Crippen LogP contribution in [-0.4, -0.2) is 33.3 Å². The predicted octanol–water partition coefficient (Wildman–Crippen LogP) is 1.84. The molecule has 1 aliphatic carbocycles. The van der Waals surface area contributed by atoms with Gasteiger partial charge in [-0.2, -0.15) is 0 Å². The van der Waals surface area contributed by atoms with E-state index in [0.29, 0.717) is 5.88 Å². The lowest BCUT2D eigenvalue weighted by Crippen LogP contribution is -2.57. The van der Waals surface area contributed by atoms with Crippen LogP contribution in [0.2, 0.25) is 0 Å². The molecule has 5 nitrogen and oxygen atoms in total. The van der Waals surface area contributed by atoms with Crippen molar-refractivity contribution in [2.45, 2.75) is 52.4 Å². The molecule has 1 aliphatic rings. The van der Waals surface area contributed by atoms with E-state index in [9.17, 15) is 5.11 Å². The maximum atomic E-state index is 9.70. The zero-order valence-electron chi connectivity index (χ0n) is 11.3. The Kier molecular flexibility index (Phi) is 3.43. The first-order chi connectivity index (χ1) is 8.39. The van der Waals surface area contributed by atoms with Crippen molar-refractivity contribution in [2.75, 3.05) is 5.32 Å². The van der Waals surface area contributed by atoms with E-state index in [1.807, 2.05) is 27.7 Å². The average Bonchev–Trinajstić information content (AvgIpc) is 2.28. The molecule has 0 aromatic carbocycles. The first-order valence-corrected chi connectivity index (χ1v) is 6.33.